The first-order chi connectivity index (χ1) is 9.82. The van der Waals surface area contributed by atoms with E-state index < -0.39 is 0 Å². The second-order valence-corrected chi connectivity index (χ2v) is 7.01. The molecule has 0 spiro atoms. The van der Waals surface area contributed by atoms with Gasteiger partial charge in [0.15, 0.2) is 0 Å². The molecular weight excluding hydrogens is 242 g/mol. The summed E-state index contributed by atoms with van der Waals surface area (Å²) < 4.78 is 0. The Morgan fingerprint density at radius 2 is 1.75 bits per heavy atom. The van der Waals surface area contributed by atoms with Crippen molar-refractivity contribution >= 4 is 0 Å². The largest absolute Gasteiger partial charge is 0.313 e. The summed E-state index contributed by atoms with van der Waals surface area (Å²) >= 11 is 0. The Morgan fingerprint density at radius 3 is 2.35 bits per heavy atom. The highest BCUT2D eigenvalue weighted by molar-refractivity contribution is 5.26. The van der Waals surface area contributed by atoms with Crippen LogP contribution < -0.4 is 5.32 Å². The summed E-state index contributed by atoms with van der Waals surface area (Å²) in [5.41, 5.74) is 1.92. The zero-order chi connectivity index (χ0) is 13.8. The number of rotatable bonds is 7. The predicted octanol–water partition coefficient (Wildman–Crippen LogP) is 4.67. The van der Waals surface area contributed by atoms with Gasteiger partial charge >= 0.3 is 0 Å². The SMILES string of the molecule is CCC(CNC1CC1)(CC1CCCC1)c1ccccc1. The molecule has 2 aliphatic carbocycles. The molecule has 110 valence electrons. The summed E-state index contributed by atoms with van der Waals surface area (Å²) in [7, 11) is 0. The molecule has 1 aromatic carbocycles. The molecule has 0 radical (unpaired) electrons. The van der Waals surface area contributed by atoms with Crippen LogP contribution in [0.15, 0.2) is 30.3 Å². The van der Waals surface area contributed by atoms with Crippen LogP contribution in [0, 0.1) is 5.92 Å². The molecule has 0 aliphatic heterocycles. The summed E-state index contributed by atoms with van der Waals surface area (Å²) in [6.45, 7) is 3.56. The van der Waals surface area contributed by atoms with Gasteiger partial charge in [-0.2, -0.15) is 0 Å². The number of benzene rings is 1. The Hall–Kier alpha value is -0.820. The van der Waals surface area contributed by atoms with Crippen molar-refractivity contribution in [3.05, 3.63) is 35.9 Å². The van der Waals surface area contributed by atoms with Gasteiger partial charge in [0.25, 0.3) is 0 Å². The summed E-state index contributed by atoms with van der Waals surface area (Å²) in [5.74, 6) is 0.955. The predicted molar refractivity (Wildman–Crippen MR) is 86.0 cm³/mol. The molecule has 0 amide bonds. The van der Waals surface area contributed by atoms with Crippen molar-refractivity contribution in [1.29, 1.82) is 0 Å². The van der Waals surface area contributed by atoms with Crippen LogP contribution in [0.4, 0.5) is 0 Å². The van der Waals surface area contributed by atoms with Crippen LogP contribution in [0.3, 0.4) is 0 Å². The molecule has 1 heteroatoms. The molecule has 3 rings (SSSR count). The van der Waals surface area contributed by atoms with E-state index in [9.17, 15) is 0 Å². The van der Waals surface area contributed by atoms with Gasteiger partial charge in [0, 0.05) is 18.0 Å². The molecular formula is C19H29N. The van der Waals surface area contributed by atoms with Crippen molar-refractivity contribution in [2.75, 3.05) is 6.54 Å². The van der Waals surface area contributed by atoms with Crippen molar-refractivity contribution in [3.63, 3.8) is 0 Å². The zero-order valence-corrected chi connectivity index (χ0v) is 12.9. The molecule has 0 aromatic heterocycles. The van der Waals surface area contributed by atoms with Gasteiger partial charge in [0.2, 0.25) is 0 Å². The van der Waals surface area contributed by atoms with Crippen LogP contribution in [0.25, 0.3) is 0 Å². The van der Waals surface area contributed by atoms with Gasteiger partial charge in [-0.15, -0.1) is 0 Å². The fourth-order valence-electron chi connectivity index (χ4n) is 3.95. The lowest BCUT2D eigenvalue weighted by Crippen LogP contribution is -2.40. The van der Waals surface area contributed by atoms with Crippen molar-refractivity contribution in [1.82, 2.24) is 5.32 Å². The topological polar surface area (TPSA) is 12.0 Å². The van der Waals surface area contributed by atoms with E-state index in [4.69, 9.17) is 0 Å². The van der Waals surface area contributed by atoms with E-state index in [0.29, 0.717) is 5.41 Å². The molecule has 0 bridgehead atoms. The second-order valence-electron chi connectivity index (χ2n) is 7.01. The fraction of sp³-hybridized carbons (Fsp3) is 0.684. The zero-order valence-electron chi connectivity index (χ0n) is 12.9. The minimum absolute atomic E-state index is 0.360. The molecule has 2 aliphatic rings. The second kappa shape index (κ2) is 6.30. The molecule has 0 heterocycles. The minimum Gasteiger partial charge on any atom is -0.313 e. The van der Waals surface area contributed by atoms with Crippen LogP contribution in [0.2, 0.25) is 0 Å². The highest BCUT2D eigenvalue weighted by atomic mass is 15.0. The smallest absolute Gasteiger partial charge is 0.00779 e. The fourth-order valence-corrected chi connectivity index (χ4v) is 3.95. The van der Waals surface area contributed by atoms with Gasteiger partial charge in [0.1, 0.15) is 0 Å². The molecule has 2 fully saturated rings. The molecule has 1 N–H and O–H groups in total. The van der Waals surface area contributed by atoms with Crippen molar-refractivity contribution in [3.8, 4) is 0 Å². The highest BCUT2D eigenvalue weighted by Gasteiger charge is 2.35. The summed E-state index contributed by atoms with van der Waals surface area (Å²) in [6, 6.07) is 12.1. The Balaban J connectivity index is 1.78. The van der Waals surface area contributed by atoms with E-state index in [-0.39, 0.29) is 0 Å². The lowest BCUT2D eigenvalue weighted by molar-refractivity contribution is 0.291. The van der Waals surface area contributed by atoms with E-state index in [1.165, 1.54) is 57.9 Å². The Bertz CT molecular complexity index is 403. The summed E-state index contributed by atoms with van der Waals surface area (Å²) in [6.07, 6.45) is 11.2. The number of nitrogens with one attached hydrogen (secondary N) is 1. The van der Waals surface area contributed by atoms with Crippen LogP contribution in [0.5, 0.6) is 0 Å². The third kappa shape index (κ3) is 3.25. The number of hydrogen-bond acceptors (Lipinski definition) is 1. The molecule has 2 saturated carbocycles. The van der Waals surface area contributed by atoms with E-state index in [1.54, 1.807) is 5.56 Å². The van der Waals surface area contributed by atoms with Gasteiger partial charge in [-0.25, -0.2) is 0 Å². The summed E-state index contributed by atoms with van der Waals surface area (Å²) in [5, 5.41) is 3.82. The van der Waals surface area contributed by atoms with Crippen LogP contribution in [0.1, 0.15) is 63.9 Å². The standard InChI is InChI=1S/C19H29N/c1-2-19(15-20-18-12-13-18,14-16-8-6-7-9-16)17-10-4-3-5-11-17/h3-5,10-11,16,18,20H,2,6-9,12-15H2,1H3. The van der Waals surface area contributed by atoms with Gasteiger partial charge < -0.3 is 5.32 Å². The van der Waals surface area contributed by atoms with Gasteiger partial charge in [-0.3, -0.25) is 0 Å². The molecule has 20 heavy (non-hydrogen) atoms. The average molecular weight is 271 g/mol. The monoisotopic (exact) mass is 271 g/mol. The normalized spacial score (nSPS) is 22.9. The maximum absolute atomic E-state index is 3.82. The molecule has 0 saturated heterocycles. The Morgan fingerprint density at radius 1 is 1.05 bits per heavy atom. The van der Waals surface area contributed by atoms with Gasteiger partial charge in [-0.05, 0) is 37.2 Å². The molecule has 1 nitrogen and oxygen atoms in total. The number of hydrogen-bond donors (Lipinski definition) is 1. The maximum Gasteiger partial charge on any atom is 0.00779 e. The lowest BCUT2D eigenvalue weighted by atomic mass is 9.71. The van der Waals surface area contributed by atoms with Crippen LogP contribution in [-0.4, -0.2) is 12.6 Å². The van der Waals surface area contributed by atoms with E-state index >= 15 is 0 Å². The quantitative estimate of drug-likeness (QED) is 0.760. The molecule has 1 aromatic rings. The molecule has 1 unspecified atom stereocenters. The third-order valence-electron chi connectivity index (χ3n) is 5.52. The Kier molecular flexibility index (Phi) is 4.45. The van der Waals surface area contributed by atoms with E-state index in [1.807, 2.05) is 0 Å². The van der Waals surface area contributed by atoms with Crippen LogP contribution in [-0.2, 0) is 5.41 Å². The van der Waals surface area contributed by atoms with Crippen molar-refractivity contribution in [2.45, 2.75) is 69.7 Å². The summed E-state index contributed by atoms with van der Waals surface area (Å²) in [4.78, 5) is 0. The third-order valence-corrected chi connectivity index (χ3v) is 5.52. The average Bonchev–Trinajstić information content (AvgIpc) is 3.20. The van der Waals surface area contributed by atoms with E-state index in [2.05, 4.69) is 42.6 Å². The maximum atomic E-state index is 3.82. The van der Waals surface area contributed by atoms with Crippen LogP contribution >= 0.6 is 0 Å². The van der Waals surface area contributed by atoms with Crippen molar-refractivity contribution < 1.29 is 0 Å². The van der Waals surface area contributed by atoms with Crippen molar-refractivity contribution in [2.24, 2.45) is 5.92 Å². The first-order valence-corrected chi connectivity index (χ1v) is 8.61. The first kappa shape index (κ1) is 14.1. The van der Waals surface area contributed by atoms with Gasteiger partial charge in [0.05, 0.1) is 0 Å². The minimum atomic E-state index is 0.360. The van der Waals surface area contributed by atoms with E-state index in [0.717, 1.165) is 12.0 Å². The van der Waals surface area contributed by atoms with Gasteiger partial charge in [-0.1, -0.05) is 62.9 Å². The Labute approximate surface area is 124 Å². The lowest BCUT2D eigenvalue weighted by Gasteiger charge is -2.36. The first-order valence-electron chi connectivity index (χ1n) is 8.61. The molecule has 1 atom stereocenters. The highest BCUT2D eigenvalue weighted by Crippen LogP contribution is 2.40.